The summed E-state index contributed by atoms with van der Waals surface area (Å²) in [6.07, 6.45) is 4.25. The smallest absolute Gasteiger partial charge is 0.243 e. The largest absolute Gasteiger partial charge is 0.361 e. The van der Waals surface area contributed by atoms with Gasteiger partial charge in [0.25, 0.3) is 0 Å². The van der Waals surface area contributed by atoms with Gasteiger partial charge in [0.05, 0.1) is 12.1 Å². The minimum atomic E-state index is -0.889. The van der Waals surface area contributed by atoms with Crippen LogP contribution >= 0.6 is 12.6 Å². The van der Waals surface area contributed by atoms with Crippen molar-refractivity contribution in [1.82, 2.24) is 15.6 Å². The third-order valence-corrected chi connectivity index (χ3v) is 5.40. The van der Waals surface area contributed by atoms with E-state index in [1.165, 1.54) is 0 Å². The normalized spacial score (nSPS) is 13.9. The van der Waals surface area contributed by atoms with Gasteiger partial charge in [0, 0.05) is 35.7 Å². The summed E-state index contributed by atoms with van der Waals surface area (Å²) < 4.78 is 0. The molecule has 3 rings (SSSR count). The maximum absolute atomic E-state index is 13.0. The number of H-pyrrole nitrogens is 1. The molecular weight excluding hydrogens is 412 g/mol. The summed E-state index contributed by atoms with van der Waals surface area (Å²) in [5, 5.41) is 6.35. The number of benzene rings is 2. The van der Waals surface area contributed by atoms with Crippen LogP contribution in [0.25, 0.3) is 10.9 Å². The van der Waals surface area contributed by atoms with Crippen LogP contribution in [-0.4, -0.2) is 47.0 Å². The van der Waals surface area contributed by atoms with Crippen LogP contribution in [0.15, 0.2) is 60.8 Å². The summed E-state index contributed by atoms with van der Waals surface area (Å²) in [4.78, 5) is 40.0. The summed E-state index contributed by atoms with van der Waals surface area (Å²) >= 11 is 4.04. The highest BCUT2D eigenvalue weighted by Gasteiger charge is 2.26. The number of thiol groups is 1. The number of fused-ring (bicyclic) bond motifs is 1. The van der Waals surface area contributed by atoms with Crippen molar-refractivity contribution >= 4 is 41.6 Å². The van der Waals surface area contributed by atoms with Crippen LogP contribution in [0.5, 0.6) is 0 Å². The fourth-order valence-corrected chi connectivity index (χ4v) is 3.50. The Morgan fingerprint density at radius 3 is 2.42 bits per heavy atom. The standard InChI is InChI=1S/C23H25N4O3S/c24-19(14-31)22(29)27-21(10-15-6-2-1-3-7-15)23(30)26-17(13-28)11-16-12-25-20-9-5-4-8-18(16)20/h1-9,12,17,19,21,25,31H,10-11,14,24H2,(H,26,30)(H,27,29)/t17-,19+,21+/m1/s1. The first-order valence-corrected chi connectivity index (χ1v) is 10.6. The van der Waals surface area contributed by atoms with Crippen molar-refractivity contribution in [2.24, 2.45) is 5.73 Å². The van der Waals surface area contributed by atoms with Gasteiger partial charge in [0.2, 0.25) is 18.1 Å². The zero-order chi connectivity index (χ0) is 22.2. The Labute approximate surface area is 186 Å². The average Bonchev–Trinajstić information content (AvgIpc) is 3.20. The molecule has 1 aromatic heterocycles. The van der Waals surface area contributed by atoms with Gasteiger partial charge in [0.1, 0.15) is 6.04 Å². The highest BCUT2D eigenvalue weighted by atomic mass is 32.1. The predicted molar refractivity (Wildman–Crippen MR) is 124 cm³/mol. The number of nitrogens with two attached hydrogens (primary N) is 1. The molecule has 0 saturated heterocycles. The average molecular weight is 438 g/mol. The van der Waals surface area contributed by atoms with Crippen molar-refractivity contribution < 1.29 is 14.4 Å². The summed E-state index contributed by atoms with van der Waals surface area (Å²) in [5.41, 5.74) is 8.45. The molecule has 2 amide bonds. The van der Waals surface area contributed by atoms with Gasteiger partial charge >= 0.3 is 0 Å². The van der Waals surface area contributed by atoms with Crippen LogP contribution in [0.2, 0.25) is 0 Å². The first-order valence-electron chi connectivity index (χ1n) is 9.95. The Kier molecular flexibility index (Phi) is 7.86. The molecule has 1 radical (unpaired) electrons. The number of hydrogen-bond donors (Lipinski definition) is 5. The van der Waals surface area contributed by atoms with Crippen molar-refractivity contribution in [1.29, 1.82) is 0 Å². The van der Waals surface area contributed by atoms with E-state index in [2.05, 4.69) is 28.2 Å². The molecule has 1 heterocycles. The molecule has 0 aliphatic heterocycles. The fraction of sp³-hybridized carbons (Fsp3) is 0.261. The molecule has 0 aliphatic carbocycles. The van der Waals surface area contributed by atoms with E-state index in [4.69, 9.17) is 5.73 Å². The first-order chi connectivity index (χ1) is 15.0. The summed E-state index contributed by atoms with van der Waals surface area (Å²) in [5.74, 6) is -0.803. The van der Waals surface area contributed by atoms with Crippen LogP contribution in [0.3, 0.4) is 0 Å². The van der Waals surface area contributed by atoms with Crippen LogP contribution in [0.1, 0.15) is 11.1 Å². The molecule has 8 heteroatoms. The van der Waals surface area contributed by atoms with Gasteiger partial charge in [-0.1, -0.05) is 48.5 Å². The Balaban J connectivity index is 1.73. The molecule has 3 aromatic rings. The van der Waals surface area contributed by atoms with E-state index >= 15 is 0 Å². The summed E-state index contributed by atoms with van der Waals surface area (Å²) in [7, 11) is 0. The fourth-order valence-electron chi connectivity index (χ4n) is 3.34. The predicted octanol–water partition coefficient (Wildman–Crippen LogP) is 1.29. The number of aromatic amines is 1. The van der Waals surface area contributed by atoms with Gasteiger partial charge in [-0.2, -0.15) is 12.6 Å². The number of hydrogen-bond acceptors (Lipinski definition) is 5. The number of amides is 2. The van der Waals surface area contributed by atoms with Crippen molar-refractivity contribution in [2.75, 3.05) is 5.75 Å². The molecule has 31 heavy (non-hydrogen) atoms. The molecule has 161 valence electrons. The van der Waals surface area contributed by atoms with E-state index in [1.807, 2.05) is 67.1 Å². The highest BCUT2D eigenvalue weighted by molar-refractivity contribution is 7.80. The molecule has 0 saturated carbocycles. The third-order valence-electron chi connectivity index (χ3n) is 5.01. The molecule has 2 aromatic carbocycles. The van der Waals surface area contributed by atoms with Crippen LogP contribution in [0, 0.1) is 0 Å². The lowest BCUT2D eigenvalue weighted by Crippen LogP contribution is -2.55. The minimum Gasteiger partial charge on any atom is -0.361 e. The zero-order valence-corrected chi connectivity index (χ0v) is 17.8. The number of para-hydroxylation sites is 1. The maximum atomic E-state index is 13.0. The molecule has 0 bridgehead atoms. The second-order valence-electron chi connectivity index (χ2n) is 7.28. The van der Waals surface area contributed by atoms with Crippen molar-refractivity contribution in [2.45, 2.75) is 31.0 Å². The molecule has 5 N–H and O–H groups in total. The molecule has 7 nitrogen and oxygen atoms in total. The second-order valence-corrected chi connectivity index (χ2v) is 7.65. The van der Waals surface area contributed by atoms with Crippen LogP contribution in [-0.2, 0) is 27.2 Å². The number of aromatic nitrogens is 1. The Hall–Kier alpha value is -3.10. The minimum absolute atomic E-state index is 0.150. The van der Waals surface area contributed by atoms with E-state index in [0.717, 1.165) is 22.0 Å². The van der Waals surface area contributed by atoms with Gasteiger partial charge in [0.15, 0.2) is 0 Å². The Bertz CT molecular complexity index is 1040. The topological polar surface area (TPSA) is 117 Å². The zero-order valence-electron chi connectivity index (χ0n) is 16.9. The number of nitrogens with one attached hydrogen (secondary N) is 3. The molecule has 0 unspecified atom stereocenters. The lowest BCUT2D eigenvalue weighted by molar-refractivity contribution is -0.129. The Morgan fingerprint density at radius 2 is 1.71 bits per heavy atom. The SMILES string of the molecule is N[C@@H](CS)C(=O)N[C@@H](Cc1ccccc1)C(=O)N[C@@H]([C]=O)Cc1c[nH]c2ccccc12. The van der Waals surface area contributed by atoms with E-state index in [1.54, 1.807) is 0 Å². The van der Waals surface area contributed by atoms with E-state index < -0.39 is 29.9 Å². The van der Waals surface area contributed by atoms with Gasteiger partial charge in [-0.15, -0.1) is 0 Å². The van der Waals surface area contributed by atoms with Gasteiger partial charge in [-0.05, 0) is 17.2 Å². The third kappa shape index (κ3) is 5.96. The van der Waals surface area contributed by atoms with Crippen molar-refractivity contribution in [3.05, 3.63) is 71.9 Å². The van der Waals surface area contributed by atoms with Gasteiger partial charge < -0.3 is 21.4 Å². The highest BCUT2D eigenvalue weighted by Crippen LogP contribution is 2.19. The second kappa shape index (κ2) is 10.8. The van der Waals surface area contributed by atoms with E-state index in [-0.39, 0.29) is 18.6 Å². The number of rotatable bonds is 10. The molecular formula is C23H25N4O3S. The quantitative estimate of drug-likeness (QED) is 0.307. The lowest BCUT2D eigenvalue weighted by Gasteiger charge is -2.22. The summed E-state index contributed by atoms with van der Waals surface area (Å²) in [6.45, 7) is 0. The lowest BCUT2D eigenvalue weighted by atomic mass is 10.0. The van der Waals surface area contributed by atoms with Crippen LogP contribution < -0.4 is 16.4 Å². The van der Waals surface area contributed by atoms with Crippen molar-refractivity contribution in [3.8, 4) is 0 Å². The van der Waals surface area contributed by atoms with E-state index in [0.29, 0.717) is 0 Å². The maximum Gasteiger partial charge on any atom is 0.243 e. The van der Waals surface area contributed by atoms with E-state index in [9.17, 15) is 14.4 Å². The molecule has 0 spiro atoms. The van der Waals surface area contributed by atoms with Crippen molar-refractivity contribution in [3.63, 3.8) is 0 Å². The number of carbonyl (C=O) groups excluding carboxylic acids is 3. The molecule has 3 atom stereocenters. The monoisotopic (exact) mass is 437 g/mol. The first kappa shape index (κ1) is 22.6. The number of carbonyl (C=O) groups is 2. The van der Waals surface area contributed by atoms with Gasteiger partial charge in [-0.3, -0.25) is 14.4 Å². The molecule has 0 fully saturated rings. The molecule has 0 aliphatic rings. The van der Waals surface area contributed by atoms with Gasteiger partial charge in [-0.25, -0.2) is 0 Å². The Morgan fingerprint density at radius 1 is 1.00 bits per heavy atom. The van der Waals surface area contributed by atoms with Crippen LogP contribution in [0.4, 0.5) is 0 Å². The summed E-state index contributed by atoms with van der Waals surface area (Å²) in [6, 6.07) is 14.4.